The highest BCUT2D eigenvalue weighted by atomic mass is 32.7. The summed E-state index contributed by atoms with van der Waals surface area (Å²) in [5.41, 5.74) is 20.0. The van der Waals surface area contributed by atoms with Crippen LogP contribution in [0, 0.1) is 0 Å². The Labute approximate surface area is 475 Å². The lowest BCUT2D eigenvalue weighted by Crippen LogP contribution is -2.37. The van der Waals surface area contributed by atoms with Crippen LogP contribution in [0.1, 0.15) is 33.9 Å². The highest BCUT2D eigenvalue weighted by molar-refractivity contribution is 8.54. The van der Waals surface area contributed by atoms with E-state index in [1.165, 1.54) is 40.4 Å². The summed E-state index contributed by atoms with van der Waals surface area (Å²) in [4.78, 5) is 36.6. The Morgan fingerprint density at radius 2 is 1.43 bits per heavy atom. The minimum Gasteiger partial charge on any atom is -0.492 e. The van der Waals surface area contributed by atoms with Crippen molar-refractivity contribution in [2.75, 3.05) is 43.2 Å². The largest absolute Gasteiger partial charge is 0.492 e. The van der Waals surface area contributed by atoms with E-state index >= 15 is 13.3 Å². The molecule has 9 heterocycles. The molecule has 0 amide bonds. The average molecular weight is 1190 g/mol. The van der Waals surface area contributed by atoms with Gasteiger partial charge in [0.05, 0.1) is 49.4 Å². The van der Waals surface area contributed by atoms with Gasteiger partial charge in [0, 0.05) is 42.4 Å². The van der Waals surface area contributed by atoms with Gasteiger partial charge in [-0.3, -0.25) is 22.7 Å². The lowest BCUT2D eigenvalue weighted by molar-refractivity contribution is -0.0546. The quantitative estimate of drug-likeness (QED) is 0.0543. The third-order valence-electron chi connectivity index (χ3n) is 14.6. The number of benzene rings is 4. The summed E-state index contributed by atoms with van der Waals surface area (Å²) >= 11 is 0.700. The van der Waals surface area contributed by atoms with Gasteiger partial charge >= 0.3 is 12.8 Å². The summed E-state index contributed by atoms with van der Waals surface area (Å²) in [6, 6.07) is 30.9. The molecule has 0 spiro atoms. The lowest BCUT2D eigenvalue weighted by atomic mass is 9.96. The summed E-state index contributed by atoms with van der Waals surface area (Å²) < 4.78 is 116. The van der Waals surface area contributed by atoms with Gasteiger partial charge in [0.15, 0.2) is 41.9 Å². The molecule has 9 aromatic rings. The number of rotatable bonds is 11. The van der Waals surface area contributed by atoms with E-state index in [4.69, 9.17) is 48.5 Å². The second-order valence-electron chi connectivity index (χ2n) is 20.0. The topological polar surface area (TPSA) is 285 Å². The number of anilines is 3. The molecule has 3 fully saturated rings. The maximum atomic E-state index is 17.1. The second-order valence-corrected chi connectivity index (χ2v) is 26.0. The van der Waals surface area contributed by atoms with Crippen LogP contribution in [0.25, 0.3) is 44.8 Å². The highest BCUT2D eigenvalue weighted by Crippen LogP contribution is 2.65. The lowest BCUT2D eigenvalue weighted by Gasteiger charge is -2.30. The summed E-state index contributed by atoms with van der Waals surface area (Å²) in [6.07, 6.45) is -8.05. The number of hydrogen-bond donors (Lipinski definition) is 2. The summed E-state index contributed by atoms with van der Waals surface area (Å²) in [5.74, 6) is 0.0953. The van der Waals surface area contributed by atoms with Crippen LogP contribution >= 0.6 is 25.7 Å². The first kappa shape index (κ1) is 54.6. The van der Waals surface area contributed by atoms with E-state index in [0.29, 0.717) is 35.8 Å². The standard InChI is InChI=1S/C53H50BF2N13O11P2S/c1-66-22-31-6-2-3-7-34(31)45-42(35-8-4-5-9-37(35)66)64-65-69(45)20-21-73-32-16-12-30(13-17-32)53(70)76-33-14-10-29(11-15-33)25-83-82(72)75-24-39-46(40(55)51(78-39)68-28-63-44-48(58)60-26-61-50(44)68)79-81(54,71)74-23-38-47(80-82)41(56)52(77-38)67-27-62-43-36(57)18-19-59-49(43)67/h2-19,26-28,38-41,46-47,51-52H,20-25,54H2,1H3,(H2,57,59)(H2,58,60,61)/t38-,39-,40-,41-,46-,47-,51-,52-,81+,82+/m1/s1. The molecule has 30 heteroatoms. The van der Waals surface area contributed by atoms with Crippen molar-refractivity contribution < 1.29 is 59.7 Å². The number of nitrogen functional groups attached to an aromatic ring is 2. The van der Waals surface area contributed by atoms with Crippen molar-refractivity contribution in [3.8, 4) is 34.0 Å². The first-order chi connectivity index (χ1) is 40.2. The zero-order valence-electron chi connectivity index (χ0n) is 44.1. The summed E-state index contributed by atoms with van der Waals surface area (Å²) in [5, 5.41) is 9.19. The van der Waals surface area contributed by atoms with E-state index < -0.39 is 82.7 Å². The fourth-order valence-corrected chi connectivity index (χ4v) is 15.0. The first-order valence-corrected chi connectivity index (χ1v) is 31.2. The Morgan fingerprint density at radius 3 is 2.19 bits per heavy atom. The zero-order valence-corrected chi connectivity index (χ0v) is 46.7. The predicted molar refractivity (Wildman–Crippen MR) is 302 cm³/mol. The molecule has 4 N–H and O–H groups in total. The number of nitrogens with zero attached hydrogens (tertiary/aromatic N) is 11. The van der Waals surface area contributed by atoms with Crippen LogP contribution in [-0.4, -0.2) is 126 Å². The van der Waals surface area contributed by atoms with Gasteiger partial charge in [-0.1, -0.05) is 59.8 Å². The Balaban J connectivity index is 0.690. The van der Waals surface area contributed by atoms with Crippen LogP contribution in [0.5, 0.6) is 11.5 Å². The molecule has 426 valence electrons. The van der Waals surface area contributed by atoms with E-state index in [-0.39, 0.29) is 57.5 Å². The SMILES string of the molecule is B[P@]1(=O)OC[C@H]2O[C@@H](n3cnc4c(N)ccnc43)[C@H](F)[C@@H]2O[P@@](=O)(SCc2ccc(OC(=O)c3ccc(OCCn4nnc5c4-c4ccccc4CN(C)c4ccccc4-5)cc3)cc2)OC[C@H]2O[C@@H](n3cnc4c(N)ncnc43)[C@H](F)[C@@H]2O1. The number of para-hydroxylation sites is 1. The number of alkyl halides is 2. The predicted octanol–water partition coefficient (Wildman–Crippen LogP) is 7.68. The molecule has 3 saturated heterocycles. The average Bonchev–Trinajstić information content (AvgIpc) is 2.84. The summed E-state index contributed by atoms with van der Waals surface area (Å²) in [7, 11) is -1.03. The third kappa shape index (κ3) is 10.6. The van der Waals surface area contributed by atoms with E-state index in [1.807, 2.05) is 28.9 Å². The number of hydrogen-bond acceptors (Lipinski definition) is 22. The molecular formula is C53H50BF2N13O11P2S. The molecule has 0 saturated carbocycles. The van der Waals surface area contributed by atoms with Crippen LogP contribution in [0.2, 0.25) is 0 Å². The van der Waals surface area contributed by atoms with Crippen molar-refractivity contribution in [3.05, 3.63) is 145 Å². The van der Waals surface area contributed by atoms with Crippen LogP contribution < -0.4 is 25.8 Å². The normalized spacial score (nSPS) is 26.1. The van der Waals surface area contributed by atoms with E-state index in [1.54, 1.807) is 48.5 Å². The number of imidazole rings is 2. The third-order valence-corrected chi connectivity index (χ3v) is 19.5. The molecule has 13 rings (SSSR count). The Kier molecular flexibility index (Phi) is 14.6. The molecule has 5 aromatic heterocycles. The molecule has 83 heavy (non-hydrogen) atoms. The molecule has 0 bridgehead atoms. The fourth-order valence-electron chi connectivity index (χ4n) is 10.5. The zero-order chi connectivity index (χ0) is 57.1. The summed E-state index contributed by atoms with van der Waals surface area (Å²) in [6.45, 7) is -4.47. The number of aromatic nitrogens is 10. The van der Waals surface area contributed by atoms with E-state index in [2.05, 4.69) is 71.4 Å². The van der Waals surface area contributed by atoms with Crippen LogP contribution in [0.4, 0.5) is 26.0 Å². The maximum absolute atomic E-state index is 17.1. The van der Waals surface area contributed by atoms with Crippen molar-refractivity contribution in [1.29, 1.82) is 0 Å². The fraction of sp³-hybridized carbons (Fsp3) is 0.283. The number of pyridine rings is 1. The van der Waals surface area contributed by atoms with Crippen molar-refractivity contribution in [1.82, 2.24) is 49.0 Å². The van der Waals surface area contributed by atoms with Crippen molar-refractivity contribution in [2.24, 2.45) is 0 Å². The second kappa shape index (κ2) is 22.2. The minimum atomic E-state index is -4.56. The molecule has 10 atom stereocenters. The number of fused-ring (bicyclic) bond motifs is 9. The number of halogens is 2. The number of nitrogens with two attached hydrogens (primary N) is 2. The van der Waals surface area contributed by atoms with Gasteiger partial charge in [-0.05, 0) is 71.0 Å². The number of esters is 1. The Bertz CT molecular complexity index is 4020. The highest BCUT2D eigenvalue weighted by Gasteiger charge is 2.55. The number of carbonyl (C=O) groups is 1. The van der Waals surface area contributed by atoms with Crippen LogP contribution in [0.3, 0.4) is 0 Å². The van der Waals surface area contributed by atoms with Crippen molar-refractivity contribution in [2.45, 2.75) is 68.1 Å². The van der Waals surface area contributed by atoms with Crippen molar-refractivity contribution in [3.63, 3.8) is 0 Å². The van der Waals surface area contributed by atoms with Gasteiger partial charge in [0.2, 0.25) is 0 Å². The van der Waals surface area contributed by atoms with Gasteiger partial charge in [0.25, 0.3) is 15.0 Å². The Morgan fingerprint density at radius 1 is 0.771 bits per heavy atom. The van der Waals surface area contributed by atoms with Gasteiger partial charge in [-0.2, -0.15) is 0 Å². The molecule has 4 aliphatic rings. The van der Waals surface area contributed by atoms with Crippen molar-refractivity contribution >= 4 is 78.7 Å². The van der Waals surface area contributed by atoms with Crippen LogP contribution in [0.15, 0.2) is 128 Å². The Hall–Kier alpha value is -7.65. The molecular weight excluding hydrogens is 1140 g/mol. The van der Waals surface area contributed by atoms with Gasteiger partial charge in [-0.15, -0.1) is 5.10 Å². The number of carbonyl (C=O) groups excluding carboxylic acids is 1. The molecule has 0 aliphatic carbocycles. The van der Waals surface area contributed by atoms with Gasteiger partial charge < -0.3 is 44.4 Å². The molecule has 0 unspecified atom stereocenters. The molecule has 24 nitrogen and oxygen atoms in total. The molecule has 0 radical (unpaired) electrons. The number of ether oxygens (including phenoxy) is 4. The first-order valence-electron chi connectivity index (χ1n) is 26.1. The minimum absolute atomic E-state index is 0.0371. The molecule has 4 aromatic carbocycles. The maximum Gasteiger partial charge on any atom is 0.389 e. The smallest absolute Gasteiger partial charge is 0.389 e. The van der Waals surface area contributed by atoms with E-state index in [0.717, 1.165) is 41.3 Å². The van der Waals surface area contributed by atoms with Gasteiger partial charge in [-0.25, -0.2) is 47.7 Å². The molecule has 4 aliphatic heterocycles. The van der Waals surface area contributed by atoms with Gasteiger partial charge in [0.1, 0.15) is 65.6 Å². The van der Waals surface area contributed by atoms with Crippen LogP contribution in [-0.2, 0) is 55.5 Å². The monoisotopic (exact) mass is 1190 g/mol. The van der Waals surface area contributed by atoms with E-state index in [9.17, 15) is 9.36 Å².